The highest BCUT2D eigenvalue weighted by Gasteiger charge is 2.24. The maximum atomic E-state index is 12.7. The van der Waals surface area contributed by atoms with Crippen LogP contribution in [0, 0.1) is 0 Å². The molecule has 2 aromatic heterocycles. The molecule has 142 valence electrons. The van der Waals surface area contributed by atoms with Gasteiger partial charge in [0.15, 0.2) is 0 Å². The van der Waals surface area contributed by atoms with E-state index in [-0.39, 0.29) is 5.56 Å². The van der Waals surface area contributed by atoms with Crippen LogP contribution in [0.2, 0.25) is 0 Å². The van der Waals surface area contributed by atoms with Crippen molar-refractivity contribution >= 4 is 16.6 Å². The van der Waals surface area contributed by atoms with Gasteiger partial charge >= 0.3 is 0 Å². The minimum Gasteiger partial charge on any atom is -0.379 e. The SMILES string of the molecule is O=c1[nH]c2c(c(C3=CC=C3)nn2CCCN2CCOCC2)c2c1CCCC2. The molecule has 3 heterocycles. The predicted octanol–water partition coefficient (Wildman–Crippen LogP) is 2.28. The quantitative estimate of drug-likeness (QED) is 0.882. The minimum absolute atomic E-state index is 0.0798. The summed E-state index contributed by atoms with van der Waals surface area (Å²) in [7, 11) is 0. The van der Waals surface area contributed by atoms with Crippen LogP contribution >= 0.6 is 0 Å². The van der Waals surface area contributed by atoms with Crippen LogP contribution in [0.3, 0.4) is 0 Å². The van der Waals surface area contributed by atoms with E-state index in [4.69, 9.17) is 9.84 Å². The van der Waals surface area contributed by atoms with Gasteiger partial charge in [-0.2, -0.15) is 5.10 Å². The summed E-state index contributed by atoms with van der Waals surface area (Å²) < 4.78 is 7.45. The van der Waals surface area contributed by atoms with Crippen molar-refractivity contribution < 1.29 is 4.74 Å². The molecule has 0 spiro atoms. The lowest BCUT2D eigenvalue weighted by atomic mass is 9.89. The molecule has 3 aliphatic rings. The molecule has 0 atom stereocenters. The Labute approximate surface area is 158 Å². The number of aromatic amines is 1. The van der Waals surface area contributed by atoms with Gasteiger partial charge in [0.1, 0.15) is 11.3 Å². The van der Waals surface area contributed by atoms with E-state index in [1.54, 1.807) is 0 Å². The van der Waals surface area contributed by atoms with Gasteiger partial charge in [0.2, 0.25) is 0 Å². The van der Waals surface area contributed by atoms with Gasteiger partial charge in [0.05, 0.1) is 13.2 Å². The van der Waals surface area contributed by atoms with Gasteiger partial charge in [0.25, 0.3) is 5.56 Å². The maximum absolute atomic E-state index is 12.7. The molecule has 0 bridgehead atoms. The summed E-state index contributed by atoms with van der Waals surface area (Å²) >= 11 is 0. The lowest BCUT2D eigenvalue weighted by molar-refractivity contribution is 0.0368. The summed E-state index contributed by atoms with van der Waals surface area (Å²) in [5.41, 5.74) is 5.40. The fraction of sp³-hybridized carbons (Fsp3) is 0.524. The average molecular weight is 366 g/mol. The number of ether oxygens (including phenoxy) is 1. The monoisotopic (exact) mass is 366 g/mol. The highest BCUT2D eigenvalue weighted by atomic mass is 16.5. The van der Waals surface area contributed by atoms with E-state index in [1.165, 1.54) is 16.5 Å². The molecule has 1 aliphatic heterocycles. The van der Waals surface area contributed by atoms with Gasteiger partial charge in [-0.15, -0.1) is 0 Å². The molecule has 0 aromatic carbocycles. The average Bonchev–Trinajstić information content (AvgIpc) is 3.00. The van der Waals surface area contributed by atoms with Gasteiger partial charge in [-0.25, -0.2) is 4.68 Å². The summed E-state index contributed by atoms with van der Waals surface area (Å²) in [6.07, 6.45) is 11.4. The second-order valence-electron chi connectivity index (χ2n) is 7.70. The van der Waals surface area contributed by atoms with Crippen LogP contribution in [0.4, 0.5) is 0 Å². The molecule has 1 N–H and O–H groups in total. The van der Waals surface area contributed by atoms with E-state index < -0.39 is 0 Å². The van der Waals surface area contributed by atoms with Crippen LogP contribution in [0.15, 0.2) is 23.0 Å². The van der Waals surface area contributed by atoms with Crippen molar-refractivity contribution in [1.82, 2.24) is 19.7 Å². The molecule has 27 heavy (non-hydrogen) atoms. The van der Waals surface area contributed by atoms with E-state index in [1.807, 2.05) is 4.68 Å². The zero-order valence-corrected chi connectivity index (χ0v) is 15.7. The second kappa shape index (κ2) is 7.09. The van der Waals surface area contributed by atoms with Crippen molar-refractivity contribution in [2.24, 2.45) is 0 Å². The first-order chi connectivity index (χ1) is 13.3. The third kappa shape index (κ3) is 3.07. The third-order valence-electron chi connectivity index (χ3n) is 6.00. The number of aryl methyl sites for hydroxylation is 2. The van der Waals surface area contributed by atoms with E-state index >= 15 is 0 Å². The summed E-state index contributed by atoms with van der Waals surface area (Å²) in [4.78, 5) is 18.3. The van der Waals surface area contributed by atoms with E-state index in [9.17, 15) is 4.79 Å². The zero-order chi connectivity index (χ0) is 18.2. The number of morpholine rings is 1. The Morgan fingerprint density at radius 2 is 1.89 bits per heavy atom. The smallest absolute Gasteiger partial charge is 0.253 e. The fourth-order valence-electron chi connectivity index (χ4n) is 4.47. The van der Waals surface area contributed by atoms with E-state index in [0.29, 0.717) is 0 Å². The van der Waals surface area contributed by atoms with Crippen molar-refractivity contribution in [3.05, 3.63) is 45.4 Å². The first-order valence-electron chi connectivity index (χ1n) is 10.1. The Morgan fingerprint density at radius 1 is 1.11 bits per heavy atom. The Morgan fingerprint density at radius 3 is 2.63 bits per heavy atom. The number of H-pyrrole nitrogens is 1. The highest BCUT2D eigenvalue weighted by molar-refractivity contribution is 5.96. The number of nitrogens with zero attached hydrogens (tertiary/aromatic N) is 3. The highest BCUT2D eigenvalue weighted by Crippen LogP contribution is 2.33. The number of hydrogen-bond acceptors (Lipinski definition) is 4. The topological polar surface area (TPSA) is 63.2 Å². The summed E-state index contributed by atoms with van der Waals surface area (Å²) in [5.74, 6) is 0. The Kier molecular flexibility index (Phi) is 4.45. The standard InChI is InChI=1S/C21H26N4O2/c26-21-17-8-2-1-7-16(17)18-19(15-5-3-6-15)23-25(20(18)22-21)10-4-9-24-11-13-27-14-12-24/h3,5-6H,1-2,4,7-14H2,(H,22,26). The molecule has 2 aliphatic carbocycles. The number of allylic oxidation sites excluding steroid dienone is 4. The Balaban J connectivity index is 1.48. The van der Waals surface area contributed by atoms with Gasteiger partial charge in [-0.1, -0.05) is 18.2 Å². The molecule has 0 radical (unpaired) electrons. The first kappa shape index (κ1) is 17.0. The second-order valence-corrected chi connectivity index (χ2v) is 7.70. The molecule has 2 aromatic rings. The van der Waals surface area contributed by atoms with Gasteiger partial charge in [0, 0.05) is 42.7 Å². The predicted molar refractivity (Wildman–Crippen MR) is 106 cm³/mol. The number of pyridine rings is 1. The van der Waals surface area contributed by atoms with Crippen molar-refractivity contribution in [2.75, 3.05) is 32.8 Å². The fourth-order valence-corrected chi connectivity index (χ4v) is 4.47. The van der Waals surface area contributed by atoms with Crippen LogP contribution in [0.25, 0.3) is 16.6 Å². The Bertz CT molecular complexity index is 976. The summed E-state index contributed by atoms with van der Waals surface area (Å²) in [6.45, 7) is 5.53. The van der Waals surface area contributed by atoms with Crippen molar-refractivity contribution in [1.29, 1.82) is 0 Å². The lowest BCUT2D eigenvalue weighted by Crippen LogP contribution is -2.37. The molecule has 0 amide bonds. The molecule has 0 unspecified atom stereocenters. The number of rotatable bonds is 5. The molecule has 5 rings (SSSR count). The Hall–Kier alpha value is -2.18. The van der Waals surface area contributed by atoms with Crippen molar-refractivity contribution in [3.8, 4) is 0 Å². The molecular weight excluding hydrogens is 340 g/mol. The minimum atomic E-state index is 0.0798. The molecule has 0 saturated carbocycles. The molecule has 1 saturated heterocycles. The van der Waals surface area contributed by atoms with E-state index in [0.717, 1.165) is 88.4 Å². The van der Waals surface area contributed by atoms with Crippen LogP contribution in [-0.2, 0) is 24.1 Å². The lowest BCUT2D eigenvalue weighted by Gasteiger charge is -2.26. The van der Waals surface area contributed by atoms with Crippen molar-refractivity contribution in [3.63, 3.8) is 0 Å². The largest absolute Gasteiger partial charge is 0.379 e. The normalized spacial score (nSPS) is 19.8. The third-order valence-corrected chi connectivity index (χ3v) is 6.00. The van der Waals surface area contributed by atoms with Crippen molar-refractivity contribution in [2.45, 2.75) is 38.6 Å². The molecular formula is C21H26N4O2. The summed E-state index contributed by atoms with van der Waals surface area (Å²) in [6, 6.07) is 0. The molecule has 1 fully saturated rings. The van der Waals surface area contributed by atoms with Crippen LogP contribution in [0.5, 0.6) is 0 Å². The van der Waals surface area contributed by atoms with Crippen LogP contribution in [-0.4, -0.2) is 52.5 Å². The number of nitrogens with one attached hydrogen (secondary N) is 1. The maximum Gasteiger partial charge on any atom is 0.253 e. The number of fused-ring (bicyclic) bond motifs is 3. The number of hydrogen-bond donors (Lipinski definition) is 1. The summed E-state index contributed by atoms with van der Waals surface area (Å²) in [5, 5.41) is 6.10. The molecule has 6 nitrogen and oxygen atoms in total. The number of aromatic nitrogens is 3. The van der Waals surface area contributed by atoms with Crippen LogP contribution in [0.1, 0.15) is 36.1 Å². The zero-order valence-electron chi connectivity index (χ0n) is 15.7. The molecule has 6 heteroatoms. The van der Waals surface area contributed by atoms with E-state index in [2.05, 4.69) is 28.1 Å². The van der Waals surface area contributed by atoms with Gasteiger partial charge < -0.3 is 9.72 Å². The van der Waals surface area contributed by atoms with Gasteiger partial charge in [-0.3, -0.25) is 9.69 Å². The van der Waals surface area contributed by atoms with Crippen LogP contribution < -0.4 is 5.56 Å². The van der Waals surface area contributed by atoms with Gasteiger partial charge in [-0.05, 0) is 37.7 Å². The first-order valence-corrected chi connectivity index (χ1v) is 10.1.